The maximum Gasteiger partial charge on any atom is 0.228 e. The maximum atomic E-state index is 12.5. The van der Waals surface area contributed by atoms with Gasteiger partial charge in [0.25, 0.3) is 0 Å². The Labute approximate surface area is 127 Å². The van der Waals surface area contributed by atoms with Crippen molar-refractivity contribution in [2.45, 2.75) is 0 Å². The van der Waals surface area contributed by atoms with Crippen LogP contribution in [0.5, 0.6) is 0 Å². The first kappa shape index (κ1) is 14.5. The fraction of sp³-hybridized carbons (Fsp3) is 0.125. The second-order valence-electron chi connectivity index (χ2n) is 4.50. The molecule has 20 heavy (non-hydrogen) atoms. The number of carbonyl (C=O) groups is 1. The smallest absolute Gasteiger partial charge is 0.228 e. The summed E-state index contributed by atoms with van der Waals surface area (Å²) in [7, 11) is 3.63. The van der Waals surface area contributed by atoms with E-state index in [4.69, 9.17) is 0 Å². The van der Waals surface area contributed by atoms with E-state index < -0.39 is 0 Å². The molecule has 2 aromatic rings. The van der Waals surface area contributed by atoms with E-state index in [-0.39, 0.29) is 5.78 Å². The van der Waals surface area contributed by atoms with Gasteiger partial charge in [-0.1, -0.05) is 52.3 Å². The Morgan fingerprint density at radius 2 is 1.75 bits per heavy atom. The average molecular weight is 331 g/mol. The van der Waals surface area contributed by atoms with Gasteiger partial charge in [0.2, 0.25) is 5.78 Å². The number of likely N-dealkylation sites (N-methyl/N-ethyl adjacent to an activating group) is 1. The van der Waals surface area contributed by atoms with Gasteiger partial charge in [0, 0.05) is 24.1 Å². The number of ketones is 1. The standard InChI is InChI=1S/C16H15BrN2O/c1-19(2)16(15(20)12-7-4-3-5-8-12)18-14-10-6-9-13(17)11-14/h3-11H,1-2H3. The summed E-state index contributed by atoms with van der Waals surface area (Å²) in [4.78, 5) is 18.7. The molecule has 0 saturated heterocycles. The number of Topliss-reactive ketones (excluding diaryl/α,β-unsaturated/α-hetero) is 1. The van der Waals surface area contributed by atoms with E-state index in [1.54, 1.807) is 17.0 Å². The van der Waals surface area contributed by atoms with Gasteiger partial charge in [0.15, 0.2) is 5.84 Å². The largest absolute Gasteiger partial charge is 0.359 e. The Morgan fingerprint density at radius 1 is 1.05 bits per heavy atom. The van der Waals surface area contributed by atoms with Gasteiger partial charge in [-0.25, -0.2) is 4.99 Å². The minimum absolute atomic E-state index is 0.0874. The third-order valence-corrected chi connectivity index (χ3v) is 3.20. The highest BCUT2D eigenvalue weighted by Gasteiger charge is 2.15. The number of nitrogens with zero attached hydrogens (tertiary/aromatic N) is 2. The Balaban J connectivity index is 2.39. The van der Waals surface area contributed by atoms with Crippen molar-refractivity contribution in [3.05, 3.63) is 64.6 Å². The molecule has 0 unspecified atom stereocenters. The molecule has 0 atom stereocenters. The monoisotopic (exact) mass is 330 g/mol. The van der Waals surface area contributed by atoms with Crippen molar-refractivity contribution >= 4 is 33.2 Å². The highest BCUT2D eigenvalue weighted by atomic mass is 79.9. The third-order valence-electron chi connectivity index (χ3n) is 2.71. The van der Waals surface area contributed by atoms with E-state index in [0.717, 1.165) is 10.2 Å². The molecule has 0 spiro atoms. The van der Waals surface area contributed by atoms with Crippen molar-refractivity contribution in [2.24, 2.45) is 4.99 Å². The predicted octanol–water partition coefficient (Wildman–Crippen LogP) is 3.92. The Morgan fingerprint density at radius 3 is 2.35 bits per heavy atom. The molecule has 0 heterocycles. The fourth-order valence-electron chi connectivity index (χ4n) is 1.74. The Kier molecular flexibility index (Phi) is 4.69. The summed E-state index contributed by atoms with van der Waals surface area (Å²) in [6.45, 7) is 0. The molecule has 0 aromatic heterocycles. The molecule has 4 heteroatoms. The van der Waals surface area contributed by atoms with Crippen LogP contribution in [-0.2, 0) is 0 Å². The summed E-state index contributed by atoms with van der Waals surface area (Å²) in [5.41, 5.74) is 1.38. The molecule has 0 saturated carbocycles. The second-order valence-corrected chi connectivity index (χ2v) is 5.42. The number of halogens is 1. The van der Waals surface area contributed by atoms with Crippen LogP contribution in [0.4, 0.5) is 5.69 Å². The highest BCUT2D eigenvalue weighted by Crippen LogP contribution is 2.19. The molecule has 0 bridgehead atoms. The van der Waals surface area contributed by atoms with Crippen LogP contribution in [0, 0.1) is 0 Å². The SMILES string of the molecule is CN(C)C(=Nc1cccc(Br)c1)C(=O)c1ccccc1. The van der Waals surface area contributed by atoms with Crippen molar-refractivity contribution < 1.29 is 4.79 Å². The molecule has 2 rings (SSSR count). The number of hydrogen-bond donors (Lipinski definition) is 0. The second kappa shape index (κ2) is 6.48. The average Bonchev–Trinajstić information content (AvgIpc) is 2.45. The van der Waals surface area contributed by atoms with Gasteiger partial charge < -0.3 is 4.90 Å². The number of hydrogen-bond acceptors (Lipinski definition) is 2. The van der Waals surface area contributed by atoms with Crippen LogP contribution in [0.25, 0.3) is 0 Å². The lowest BCUT2D eigenvalue weighted by Gasteiger charge is -2.14. The van der Waals surface area contributed by atoms with Crippen LogP contribution in [0.2, 0.25) is 0 Å². The van der Waals surface area contributed by atoms with Gasteiger partial charge >= 0.3 is 0 Å². The predicted molar refractivity (Wildman–Crippen MR) is 85.7 cm³/mol. The van der Waals surface area contributed by atoms with Gasteiger partial charge in [-0.3, -0.25) is 4.79 Å². The molecular formula is C16H15BrN2O. The molecule has 0 aliphatic heterocycles. The minimum Gasteiger partial charge on any atom is -0.359 e. The third kappa shape index (κ3) is 3.54. The number of rotatable bonds is 3. The molecule has 0 radical (unpaired) electrons. The van der Waals surface area contributed by atoms with Gasteiger partial charge in [0.05, 0.1) is 5.69 Å². The Hall–Kier alpha value is -1.94. The van der Waals surface area contributed by atoms with Crippen LogP contribution in [0.3, 0.4) is 0 Å². The molecule has 102 valence electrons. The lowest BCUT2D eigenvalue weighted by atomic mass is 10.1. The molecule has 2 aromatic carbocycles. The summed E-state index contributed by atoms with van der Waals surface area (Å²) in [5.74, 6) is 0.324. The van der Waals surface area contributed by atoms with Gasteiger partial charge in [-0.2, -0.15) is 0 Å². The van der Waals surface area contributed by atoms with Crippen molar-refractivity contribution in [2.75, 3.05) is 14.1 Å². The summed E-state index contributed by atoms with van der Waals surface area (Å²) in [6, 6.07) is 16.7. The summed E-state index contributed by atoms with van der Waals surface area (Å²) in [6.07, 6.45) is 0. The van der Waals surface area contributed by atoms with E-state index in [9.17, 15) is 4.79 Å². The number of aliphatic imine (C=N–C) groups is 1. The zero-order valence-corrected chi connectivity index (χ0v) is 13.0. The zero-order chi connectivity index (χ0) is 14.5. The first-order valence-electron chi connectivity index (χ1n) is 6.19. The lowest BCUT2D eigenvalue weighted by Crippen LogP contribution is -2.30. The zero-order valence-electron chi connectivity index (χ0n) is 11.4. The molecule has 0 N–H and O–H groups in total. The van der Waals surface area contributed by atoms with Crippen molar-refractivity contribution in [3.8, 4) is 0 Å². The van der Waals surface area contributed by atoms with E-state index in [1.807, 2.05) is 56.6 Å². The van der Waals surface area contributed by atoms with Crippen LogP contribution in [0.15, 0.2) is 64.1 Å². The van der Waals surface area contributed by atoms with Crippen molar-refractivity contribution in [1.82, 2.24) is 4.90 Å². The quantitative estimate of drug-likeness (QED) is 0.485. The van der Waals surface area contributed by atoms with Crippen molar-refractivity contribution in [1.29, 1.82) is 0 Å². The first-order chi connectivity index (χ1) is 9.58. The normalized spacial score (nSPS) is 11.2. The Bertz CT molecular complexity index is 636. The summed E-state index contributed by atoms with van der Waals surface area (Å²) < 4.78 is 0.934. The van der Waals surface area contributed by atoms with Gasteiger partial charge in [-0.05, 0) is 18.2 Å². The molecule has 3 nitrogen and oxygen atoms in total. The first-order valence-corrected chi connectivity index (χ1v) is 6.98. The topological polar surface area (TPSA) is 32.7 Å². The summed E-state index contributed by atoms with van der Waals surface area (Å²) >= 11 is 3.40. The van der Waals surface area contributed by atoms with Crippen LogP contribution in [-0.4, -0.2) is 30.6 Å². The molecule has 0 fully saturated rings. The molecular weight excluding hydrogens is 316 g/mol. The van der Waals surface area contributed by atoms with Crippen LogP contribution in [0.1, 0.15) is 10.4 Å². The van der Waals surface area contributed by atoms with E-state index in [2.05, 4.69) is 20.9 Å². The fourth-order valence-corrected chi connectivity index (χ4v) is 2.13. The number of benzene rings is 2. The van der Waals surface area contributed by atoms with Crippen LogP contribution < -0.4 is 0 Å². The van der Waals surface area contributed by atoms with E-state index >= 15 is 0 Å². The maximum absolute atomic E-state index is 12.5. The van der Waals surface area contributed by atoms with Crippen LogP contribution >= 0.6 is 15.9 Å². The molecule has 0 aliphatic carbocycles. The molecule has 0 amide bonds. The number of amidine groups is 1. The van der Waals surface area contributed by atoms with Crippen molar-refractivity contribution in [3.63, 3.8) is 0 Å². The van der Waals surface area contributed by atoms with E-state index in [1.165, 1.54) is 0 Å². The number of carbonyl (C=O) groups excluding carboxylic acids is 1. The summed E-state index contributed by atoms with van der Waals surface area (Å²) in [5, 5.41) is 0. The van der Waals surface area contributed by atoms with Gasteiger partial charge in [0.1, 0.15) is 0 Å². The lowest BCUT2D eigenvalue weighted by molar-refractivity contribution is 0.105. The minimum atomic E-state index is -0.0874. The van der Waals surface area contributed by atoms with Gasteiger partial charge in [-0.15, -0.1) is 0 Å². The molecule has 0 aliphatic rings. The highest BCUT2D eigenvalue weighted by molar-refractivity contribution is 9.10. The van der Waals surface area contributed by atoms with E-state index in [0.29, 0.717) is 11.4 Å².